The second-order valence-electron chi connectivity index (χ2n) is 4.79. The van der Waals surface area contributed by atoms with Crippen molar-refractivity contribution in [2.75, 3.05) is 5.32 Å². The Balaban J connectivity index is 2.11. The molecule has 110 valence electrons. The molecule has 2 aromatic carbocycles. The number of benzene rings is 2. The summed E-state index contributed by atoms with van der Waals surface area (Å²) in [7, 11) is 0. The van der Waals surface area contributed by atoms with Crippen LogP contribution in [0, 0.1) is 10.1 Å². The number of hydrogen-bond acceptors (Lipinski definition) is 3. The fourth-order valence-corrected chi connectivity index (χ4v) is 2.41. The highest BCUT2D eigenvalue weighted by Crippen LogP contribution is 2.24. The molecule has 0 aromatic heterocycles. The molecule has 0 amide bonds. The van der Waals surface area contributed by atoms with E-state index in [0.29, 0.717) is 11.6 Å². The molecule has 0 aliphatic carbocycles. The molecule has 0 bridgehead atoms. The number of aryl methyl sites for hydroxylation is 1. The smallest absolute Gasteiger partial charge is 0.270 e. The van der Waals surface area contributed by atoms with Gasteiger partial charge >= 0.3 is 0 Å². The van der Waals surface area contributed by atoms with Crippen LogP contribution in [0.1, 0.15) is 24.5 Å². The summed E-state index contributed by atoms with van der Waals surface area (Å²) in [6, 6.07) is 12.7. The van der Waals surface area contributed by atoms with Gasteiger partial charge in [0.15, 0.2) is 0 Å². The van der Waals surface area contributed by atoms with Crippen molar-refractivity contribution in [2.45, 2.75) is 26.3 Å². The Morgan fingerprint density at radius 1 is 1.19 bits per heavy atom. The van der Waals surface area contributed by atoms with Gasteiger partial charge in [-0.3, -0.25) is 10.1 Å². The van der Waals surface area contributed by atoms with Gasteiger partial charge in [0.1, 0.15) is 0 Å². The summed E-state index contributed by atoms with van der Waals surface area (Å²) in [6.07, 6.45) is 2.09. The molecule has 5 heteroatoms. The lowest BCUT2D eigenvalue weighted by Crippen LogP contribution is -2.03. The molecule has 2 aromatic rings. The van der Waals surface area contributed by atoms with Crippen molar-refractivity contribution in [3.63, 3.8) is 0 Å². The number of nitrogens with one attached hydrogen (secondary N) is 1. The van der Waals surface area contributed by atoms with Crippen molar-refractivity contribution in [3.8, 4) is 0 Å². The standard InChI is InChI=1S/C16H17ClN2O2/c1-2-5-12-6-3-4-7-16(12)18-11-13-8-9-14(19(20)21)10-15(13)17/h3-4,6-10,18H,2,5,11H2,1H3. The predicted molar refractivity (Wildman–Crippen MR) is 85.9 cm³/mol. The van der Waals surface area contributed by atoms with Crippen molar-refractivity contribution >= 4 is 23.0 Å². The molecule has 0 aliphatic rings. The highest BCUT2D eigenvalue weighted by atomic mass is 35.5. The maximum absolute atomic E-state index is 10.7. The summed E-state index contributed by atoms with van der Waals surface area (Å²) in [4.78, 5) is 10.2. The molecule has 0 fully saturated rings. The first-order chi connectivity index (χ1) is 10.1. The number of anilines is 1. The Morgan fingerprint density at radius 2 is 1.95 bits per heavy atom. The van der Waals surface area contributed by atoms with Gasteiger partial charge in [0.25, 0.3) is 5.69 Å². The number of nitro benzene ring substituents is 1. The van der Waals surface area contributed by atoms with Gasteiger partial charge in [-0.15, -0.1) is 0 Å². The normalized spacial score (nSPS) is 10.4. The monoisotopic (exact) mass is 304 g/mol. The molecule has 0 spiro atoms. The lowest BCUT2D eigenvalue weighted by Gasteiger charge is -2.12. The second-order valence-corrected chi connectivity index (χ2v) is 5.20. The Morgan fingerprint density at radius 3 is 2.62 bits per heavy atom. The van der Waals surface area contributed by atoms with E-state index in [2.05, 4.69) is 18.3 Å². The Labute approximate surface area is 128 Å². The fraction of sp³-hybridized carbons (Fsp3) is 0.250. The summed E-state index contributed by atoms with van der Waals surface area (Å²) in [5.41, 5.74) is 3.19. The number of halogens is 1. The van der Waals surface area contributed by atoms with Crippen molar-refractivity contribution in [1.82, 2.24) is 0 Å². The van der Waals surface area contributed by atoms with Crippen LogP contribution in [0.25, 0.3) is 0 Å². The maximum Gasteiger partial charge on any atom is 0.270 e. The predicted octanol–water partition coefficient (Wildman–Crippen LogP) is 4.81. The minimum Gasteiger partial charge on any atom is -0.381 e. The zero-order chi connectivity index (χ0) is 15.2. The molecule has 21 heavy (non-hydrogen) atoms. The first-order valence-electron chi connectivity index (χ1n) is 6.86. The third-order valence-electron chi connectivity index (χ3n) is 3.25. The van der Waals surface area contributed by atoms with E-state index in [-0.39, 0.29) is 5.69 Å². The third kappa shape index (κ3) is 3.95. The molecular weight excluding hydrogens is 288 g/mol. The summed E-state index contributed by atoms with van der Waals surface area (Å²) < 4.78 is 0. The summed E-state index contributed by atoms with van der Waals surface area (Å²) in [6.45, 7) is 2.68. The van der Waals surface area contributed by atoms with E-state index in [0.717, 1.165) is 24.1 Å². The van der Waals surface area contributed by atoms with Gasteiger partial charge in [-0.05, 0) is 29.7 Å². The van der Waals surface area contributed by atoms with Crippen LogP contribution in [-0.4, -0.2) is 4.92 Å². The molecule has 0 saturated heterocycles. The minimum absolute atomic E-state index is 0.00938. The summed E-state index contributed by atoms with van der Waals surface area (Å²) >= 11 is 6.10. The van der Waals surface area contributed by atoms with Crippen molar-refractivity contribution in [2.24, 2.45) is 0 Å². The van der Waals surface area contributed by atoms with Crippen molar-refractivity contribution < 1.29 is 4.92 Å². The Hall–Kier alpha value is -2.07. The Kier molecular flexibility index (Phi) is 5.17. The molecule has 1 N–H and O–H groups in total. The molecule has 4 nitrogen and oxygen atoms in total. The first-order valence-corrected chi connectivity index (χ1v) is 7.24. The van der Waals surface area contributed by atoms with Crippen LogP contribution in [0.3, 0.4) is 0 Å². The van der Waals surface area contributed by atoms with E-state index in [9.17, 15) is 10.1 Å². The molecule has 0 saturated carbocycles. The Bertz CT molecular complexity index is 644. The van der Waals surface area contributed by atoms with Crippen molar-refractivity contribution in [3.05, 3.63) is 68.7 Å². The third-order valence-corrected chi connectivity index (χ3v) is 3.61. The zero-order valence-corrected chi connectivity index (χ0v) is 12.6. The van der Waals surface area contributed by atoms with E-state index >= 15 is 0 Å². The molecular formula is C16H17ClN2O2. The van der Waals surface area contributed by atoms with Gasteiger partial charge in [-0.1, -0.05) is 43.1 Å². The van der Waals surface area contributed by atoms with Gasteiger partial charge in [0.2, 0.25) is 0 Å². The lowest BCUT2D eigenvalue weighted by molar-refractivity contribution is -0.384. The number of hydrogen-bond donors (Lipinski definition) is 1. The zero-order valence-electron chi connectivity index (χ0n) is 11.8. The van der Waals surface area contributed by atoms with Crippen LogP contribution in [0.2, 0.25) is 5.02 Å². The topological polar surface area (TPSA) is 55.2 Å². The van der Waals surface area contributed by atoms with Gasteiger partial charge in [-0.25, -0.2) is 0 Å². The number of nitro groups is 1. The highest BCUT2D eigenvalue weighted by molar-refractivity contribution is 6.31. The fourth-order valence-electron chi connectivity index (χ4n) is 2.16. The van der Waals surface area contributed by atoms with Crippen LogP contribution < -0.4 is 5.32 Å². The molecule has 0 radical (unpaired) electrons. The highest BCUT2D eigenvalue weighted by Gasteiger charge is 2.09. The van der Waals surface area contributed by atoms with E-state index in [1.807, 2.05) is 18.2 Å². The molecule has 2 rings (SSSR count). The van der Waals surface area contributed by atoms with Gasteiger partial charge in [0, 0.05) is 24.4 Å². The van der Waals surface area contributed by atoms with E-state index < -0.39 is 4.92 Å². The summed E-state index contributed by atoms with van der Waals surface area (Å²) in [5.74, 6) is 0. The lowest BCUT2D eigenvalue weighted by atomic mass is 10.1. The molecule has 0 atom stereocenters. The minimum atomic E-state index is -0.445. The first kappa shape index (κ1) is 15.3. The van der Waals surface area contributed by atoms with E-state index in [1.165, 1.54) is 17.7 Å². The van der Waals surface area contributed by atoms with Gasteiger partial charge in [-0.2, -0.15) is 0 Å². The number of rotatable bonds is 6. The number of nitrogens with zero attached hydrogens (tertiary/aromatic N) is 1. The van der Waals surface area contributed by atoms with E-state index in [1.54, 1.807) is 6.07 Å². The largest absolute Gasteiger partial charge is 0.381 e. The maximum atomic E-state index is 10.7. The van der Waals surface area contributed by atoms with Crippen molar-refractivity contribution in [1.29, 1.82) is 0 Å². The number of non-ortho nitro benzene ring substituents is 1. The van der Waals surface area contributed by atoms with E-state index in [4.69, 9.17) is 11.6 Å². The average molecular weight is 305 g/mol. The SMILES string of the molecule is CCCc1ccccc1NCc1ccc([N+](=O)[O-])cc1Cl. The molecule has 0 aliphatic heterocycles. The van der Waals surface area contributed by atoms with Crippen LogP contribution in [0.15, 0.2) is 42.5 Å². The molecule has 0 unspecified atom stereocenters. The van der Waals surface area contributed by atoms with Crippen LogP contribution in [-0.2, 0) is 13.0 Å². The second kappa shape index (κ2) is 7.09. The van der Waals surface area contributed by atoms with Crippen LogP contribution >= 0.6 is 11.6 Å². The summed E-state index contributed by atoms with van der Waals surface area (Å²) in [5, 5.41) is 14.4. The number of para-hydroxylation sites is 1. The van der Waals surface area contributed by atoms with Crippen LogP contribution in [0.5, 0.6) is 0 Å². The van der Waals surface area contributed by atoms with Gasteiger partial charge in [0.05, 0.1) is 9.95 Å². The molecule has 0 heterocycles. The quantitative estimate of drug-likeness (QED) is 0.615. The van der Waals surface area contributed by atoms with Gasteiger partial charge < -0.3 is 5.32 Å². The van der Waals surface area contributed by atoms with Crippen LogP contribution in [0.4, 0.5) is 11.4 Å². The average Bonchev–Trinajstić information content (AvgIpc) is 2.47.